The van der Waals surface area contributed by atoms with Gasteiger partial charge in [0, 0.05) is 16.1 Å². The Morgan fingerprint density at radius 1 is 1.32 bits per heavy atom. The molecule has 3 rings (SSSR count). The lowest BCUT2D eigenvalue weighted by Crippen LogP contribution is -2.05. The van der Waals surface area contributed by atoms with Crippen molar-refractivity contribution in [2.45, 2.75) is 19.9 Å². The number of nitrogens with zero attached hydrogens (tertiary/aromatic N) is 2. The molecular formula is C13H12ClN3S2. The molecule has 0 saturated heterocycles. The van der Waals surface area contributed by atoms with Crippen LogP contribution < -0.4 is 5.32 Å². The number of halogens is 1. The maximum atomic E-state index is 5.98. The number of thiazole rings is 2. The van der Waals surface area contributed by atoms with Crippen molar-refractivity contribution in [2.75, 3.05) is 5.32 Å². The van der Waals surface area contributed by atoms with Gasteiger partial charge in [-0.05, 0) is 32.0 Å². The van der Waals surface area contributed by atoms with Crippen LogP contribution in [-0.2, 0) is 0 Å². The molecule has 1 atom stereocenters. The second-order valence-electron chi connectivity index (χ2n) is 4.31. The number of fused-ring (bicyclic) bond motifs is 1. The summed E-state index contributed by atoms with van der Waals surface area (Å²) in [5, 5.41) is 6.11. The summed E-state index contributed by atoms with van der Waals surface area (Å²) in [6.07, 6.45) is 1.90. The normalized spacial score (nSPS) is 12.8. The highest BCUT2D eigenvalue weighted by Gasteiger charge is 2.12. The summed E-state index contributed by atoms with van der Waals surface area (Å²) >= 11 is 9.30. The molecule has 6 heteroatoms. The average Bonchev–Trinajstić information content (AvgIpc) is 2.94. The molecule has 0 aliphatic rings. The summed E-state index contributed by atoms with van der Waals surface area (Å²) in [6.45, 7) is 4.16. The zero-order chi connectivity index (χ0) is 13.4. The topological polar surface area (TPSA) is 37.8 Å². The van der Waals surface area contributed by atoms with E-state index < -0.39 is 0 Å². The second-order valence-corrected chi connectivity index (χ2v) is 7.04. The highest BCUT2D eigenvalue weighted by atomic mass is 35.5. The number of nitrogens with one attached hydrogen (secondary N) is 1. The van der Waals surface area contributed by atoms with E-state index in [1.165, 1.54) is 4.88 Å². The van der Waals surface area contributed by atoms with Crippen molar-refractivity contribution in [3.8, 4) is 0 Å². The predicted molar refractivity (Wildman–Crippen MR) is 83.5 cm³/mol. The zero-order valence-corrected chi connectivity index (χ0v) is 12.9. The smallest absolute Gasteiger partial charge is 0.184 e. The highest BCUT2D eigenvalue weighted by Crippen LogP contribution is 2.31. The summed E-state index contributed by atoms with van der Waals surface area (Å²) in [4.78, 5) is 10.2. The molecule has 0 spiro atoms. The summed E-state index contributed by atoms with van der Waals surface area (Å²) in [5.74, 6) is 0. The number of aromatic nitrogens is 2. The number of hydrogen-bond donors (Lipinski definition) is 1. The lowest BCUT2D eigenvalue weighted by molar-refractivity contribution is 0.868. The number of anilines is 1. The fraction of sp³-hybridized carbons (Fsp3) is 0.231. The van der Waals surface area contributed by atoms with E-state index in [1.54, 1.807) is 22.7 Å². The molecule has 0 amide bonds. The molecule has 1 N–H and O–H groups in total. The van der Waals surface area contributed by atoms with Gasteiger partial charge >= 0.3 is 0 Å². The maximum absolute atomic E-state index is 5.98. The van der Waals surface area contributed by atoms with Crippen LogP contribution >= 0.6 is 34.3 Å². The van der Waals surface area contributed by atoms with Gasteiger partial charge in [-0.3, -0.25) is 0 Å². The Morgan fingerprint density at radius 2 is 2.16 bits per heavy atom. The first-order valence-electron chi connectivity index (χ1n) is 5.87. The Labute approximate surface area is 124 Å². The van der Waals surface area contributed by atoms with Crippen molar-refractivity contribution in [3.63, 3.8) is 0 Å². The van der Waals surface area contributed by atoms with Crippen LogP contribution in [0.3, 0.4) is 0 Å². The van der Waals surface area contributed by atoms with Crippen molar-refractivity contribution in [2.24, 2.45) is 0 Å². The van der Waals surface area contributed by atoms with E-state index in [0.717, 1.165) is 25.4 Å². The number of hydrogen-bond acceptors (Lipinski definition) is 5. The largest absolute Gasteiger partial charge is 0.353 e. The molecule has 0 bridgehead atoms. The minimum atomic E-state index is 0.162. The first-order chi connectivity index (χ1) is 9.11. The Morgan fingerprint density at radius 3 is 2.89 bits per heavy atom. The molecule has 0 aliphatic carbocycles. The molecule has 2 heterocycles. The van der Waals surface area contributed by atoms with E-state index in [9.17, 15) is 0 Å². The van der Waals surface area contributed by atoms with Gasteiger partial charge in [-0.15, -0.1) is 11.3 Å². The summed E-state index contributed by atoms with van der Waals surface area (Å²) in [5.41, 5.74) is 0.972. The van der Waals surface area contributed by atoms with E-state index in [1.807, 2.05) is 24.4 Å². The second kappa shape index (κ2) is 5.07. The molecule has 19 heavy (non-hydrogen) atoms. The number of aryl methyl sites for hydroxylation is 1. The van der Waals surface area contributed by atoms with Gasteiger partial charge in [-0.1, -0.05) is 22.9 Å². The minimum absolute atomic E-state index is 0.162. The molecule has 3 nitrogen and oxygen atoms in total. The van der Waals surface area contributed by atoms with Crippen molar-refractivity contribution >= 4 is 49.6 Å². The molecule has 0 fully saturated rings. The zero-order valence-electron chi connectivity index (χ0n) is 10.5. The molecule has 1 aromatic carbocycles. The summed E-state index contributed by atoms with van der Waals surface area (Å²) in [6, 6.07) is 5.91. The quantitative estimate of drug-likeness (QED) is 0.748. The number of benzene rings is 1. The predicted octanol–water partition coefficient (Wildman–Crippen LogP) is 4.89. The van der Waals surface area contributed by atoms with Gasteiger partial charge in [0.2, 0.25) is 0 Å². The van der Waals surface area contributed by atoms with E-state index in [4.69, 9.17) is 11.6 Å². The third-order valence-electron chi connectivity index (χ3n) is 2.70. The van der Waals surface area contributed by atoms with Gasteiger partial charge in [-0.25, -0.2) is 9.97 Å². The Bertz CT molecular complexity index is 720. The Hall–Kier alpha value is -1.17. The molecule has 3 aromatic rings. The third kappa shape index (κ3) is 2.73. The third-order valence-corrected chi connectivity index (χ3v) is 4.98. The lowest BCUT2D eigenvalue weighted by atomic mass is 10.3. The molecule has 98 valence electrons. The monoisotopic (exact) mass is 309 g/mol. The van der Waals surface area contributed by atoms with Crippen LogP contribution in [0.1, 0.15) is 22.9 Å². The molecule has 1 unspecified atom stereocenters. The Kier molecular flexibility index (Phi) is 3.43. The van der Waals surface area contributed by atoms with E-state index in [0.29, 0.717) is 0 Å². The van der Waals surface area contributed by atoms with Crippen LogP contribution in [0.2, 0.25) is 5.02 Å². The van der Waals surface area contributed by atoms with Gasteiger partial charge in [0.1, 0.15) is 5.01 Å². The van der Waals surface area contributed by atoms with Crippen LogP contribution in [0.25, 0.3) is 10.2 Å². The lowest BCUT2D eigenvalue weighted by Gasteiger charge is -2.08. The van der Waals surface area contributed by atoms with Crippen LogP contribution in [0.4, 0.5) is 5.13 Å². The fourth-order valence-corrected chi connectivity index (χ4v) is 3.78. The average molecular weight is 310 g/mol. The van der Waals surface area contributed by atoms with Gasteiger partial charge in [0.15, 0.2) is 5.13 Å². The standard InChI is InChI=1S/C13H12ClN3S2/c1-7-6-15-12(18-7)8(2)16-13-17-10-4-3-9(14)5-11(10)19-13/h3-6,8H,1-2H3,(H,16,17). The molecule has 2 aromatic heterocycles. The van der Waals surface area contributed by atoms with E-state index in [-0.39, 0.29) is 6.04 Å². The van der Waals surface area contributed by atoms with Crippen molar-refractivity contribution in [1.29, 1.82) is 0 Å². The number of rotatable bonds is 3. The van der Waals surface area contributed by atoms with Gasteiger partial charge < -0.3 is 5.32 Å². The minimum Gasteiger partial charge on any atom is -0.353 e. The molecule has 0 aliphatic heterocycles. The van der Waals surface area contributed by atoms with Crippen molar-refractivity contribution < 1.29 is 0 Å². The first-order valence-corrected chi connectivity index (χ1v) is 7.88. The Balaban J connectivity index is 1.85. The van der Waals surface area contributed by atoms with Crippen molar-refractivity contribution in [3.05, 3.63) is 39.3 Å². The van der Waals surface area contributed by atoms with Crippen LogP contribution in [0, 0.1) is 6.92 Å². The fourth-order valence-electron chi connectivity index (χ4n) is 1.78. The SMILES string of the molecule is Cc1cnc(C(C)Nc2nc3ccc(Cl)cc3s2)s1. The van der Waals surface area contributed by atoms with Crippen LogP contribution in [-0.4, -0.2) is 9.97 Å². The van der Waals surface area contributed by atoms with Crippen molar-refractivity contribution in [1.82, 2.24) is 9.97 Å². The molecular weight excluding hydrogens is 298 g/mol. The maximum Gasteiger partial charge on any atom is 0.184 e. The van der Waals surface area contributed by atoms with Gasteiger partial charge in [0.05, 0.1) is 16.3 Å². The summed E-state index contributed by atoms with van der Waals surface area (Å²) < 4.78 is 1.09. The highest BCUT2D eigenvalue weighted by molar-refractivity contribution is 7.22. The molecule has 0 radical (unpaired) electrons. The first kappa shape index (κ1) is 12.8. The van der Waals surface area contributed by atoms with Crippen LogP contribution in [0.15, 0.2) is 24.4 Å². The molecule has 0 saturated carbocycles. The summed E-state index contributed by atoms with van der Waals surface area (Å²) in [7, 11) is 0. The van der Waals surface area contributed by atoms with Gasteiger partial charge in [-0.2, -0.15) is 0 Å². The van der Waals surface area contributed by atoms with E-state index in [2.05, 4.69) is 29.1 Å². The van der Waals surface area contributed by atoms with Crippen LogP contribution in [0.5, 0.6) is 0 Å². The van der Waals surface area contributed by atoms with E-state index >= 15 is 0 Å². The van der Waals surface area contributed by atoms with Gasteiger partial charge in [0.25, 0.3) is 0 Å².